The number of nitrogens with one attached hydrogen (secondary N) is 1. The zero-order chi connectivity index (χ0) is 26.1. The molecule has 2 aromatic rings. The number of nitrogens with zero attached hydrogens (tertiary/aromatic N) is 1. The van der Waals surface area contributed by atoms with Gasteiger partial charge in [-0.15, -0.1) is 0 Å². The van der Waals surface area contributed by atoms with E-state index in [1.165, 1.54) is 31.1 Å². The van der Waals surface area contributed by atoms with Crippen molar-refractivity contribution in [3.05, 3.63) is 70.5 Å². The normalized spacial score (nSPS) is 21.6. The van der Waals surface area contributed by atoms with Gasteiger partial charge in [-0.05, 0) is 61.2 Å². The van der Waals surface area contributed by atoms with Gasteiger partial charge >= 0.3 is 18.4 Å². The first-order valence-electron chi connectivity index (χ1n) is 10.8. The lowest BCUT2D eigenvalue weighted by molar-refractivity contribution is -0.143. The Morgan fingerprint density at radius 3 is 2.03 bits per heavy atom. The van der Waals surface area contributed by atoms with Crippen molar-refractivity contribution < 1.29 is 40.3 Å². The molecule has 0 aliphatic heterocycles. The molecule has 4 nitrogen and oxygen atoms in total. The average molecular weight is 506 g/mol. The number of ether oxygens (including phenoxy) is 1. The highest BCUT2D eigenvalue weighted by atomic mass is 19.4. The summed E-state index contributed by atoms with van der Waals surface area (Å²) in [5.41, 5.74) is -2.27. The predicted molar refractivity (Wildman–Crippen MR) is 114 cm³/mol. The maximum atomic E-state index is 13.5. The summed E-state index contributed by atoms with van der Waals surface area (Å²) in [6.07, 6.45) is -9.52. The van der Waals surface area contributed by atoms with Crippen LogP contribution in [0.25, 0.3) is 0 Å². The molecular formula is C24H25F7N2O2. The lowest BCUT2D eigenvalue weighted by Gasteiger charge is -2.33. The summed E-state index contributed by atoms with van der Waals surface area (Å²) in [5, 5.41) is 3.15. The number of halogens is 7. The molecule has 1 fully saturated rings. The van der Waals surface area contributed by atoms with E-state index in [-0.39, 0.29) is 17.7 Å². The SMILES string of the molecule is COC(=O)N(C)[C@H]1CC[C@H](NC(C)c2cc(C(F)(F)F)cc(C(F)(F)F)c2)[C@@H]1c1ccc(F)cc1. The molecule has 3 rings (SSSR count). The molecule has 4 atom stereocenters. The quantitative estimate of drug-likeness (QED) is 0.469. The Bertz CT molecular complexity index is 1010. The highest BCUT2D eigenvalue weighted by molar-refractivity contribution is 5.67. The predicted octanol–water partition coefficient (Wildman–Crippen LogP) is 6.53. The largest absolute Gasteiger partial charge is 0.453 e. The van der Waals surface area contributed by atoms with Crippen molar-refractivity contribution in [2.75, 3.05) is 14.2 Å². The summed E-state index contributed by atoms with van der Waals surface area (Å²) >= 11 is 0. The Kier molecular flexibility index (Phi) is 7.68. The van der Waals surface area contributed by atoms with Crippen molar-refractivity contribution in [3.63, 3.8) is 0 Å². The lowest BCUT2D eigenvalue weighted by Crippen LogP contribution is -2.43. The second-order valence-electron chi connectivity index (χ2n) is 8.64. The smallest absolute Gasteiger partial charge is 0.416 e. The van der Waals surface area contributed by atoms with Gasteiger partial charge in [0.05, 0.1) is 18.2 Å². The van der Waals surface area contributed by atoms with Crippen LogP contribution < -0.4 is 5.32 Å². The third kappa shape index (κ3) is 6.06. The standard InChI is InChI=1S/C24H25F7N2O2/c1-13(15-10-16(23(26,27)28)12-17(11-15)24(29,30)31)32-19-8-9-20(33(2)22(34)35-3)21(19)14-4-6-18(25)7-5-14/h4-7,10-13,19-21,32H,8-9H2,1-3H3/t13?,19-,20-,21-/m0/s1. The number of hydrogen-bond donors (Lipinski definition) is 1. The number of likely N-dealkylation sites (N-methyl/N-ethyl adjacent to an activating group) is 1. The van der Waals surface area contributed by atoms with E-state index in [4.69, 9.17) is 4.74 Å². The molecule has 35 heavy (non-hydrogen) atoms. The molecule has 1 saturated carbocycles. The highest BCUT2D eigenvalue weighted by Gasteiger charge is 2.42. The van der Waals surface area contributed by atoms with Gasteiger partial charge in [-0.3, -0.25) is 0 Å². The van der Waals surface area contributed by atoms with Crippen LogP contribution in [0.1, 0.15) is 54.0 Å². The van der Waals surface area contributed by atoms with Gasteiger partial charge in [0, 0.05) is 31.1 Å². The van der Waals surface area contributed by atoms with Crippen molar-refractivity contribution in [2.24, 2.45) is 0 Å². The number of carbonyl (C=O) groups is 1. The van der Waals surface area contributed by atoms with Crippen molar-refractivity contribution in [1.82, 2.24) is 10.2 Å². The highest BCUT2D eigenvalue weighted by Crippen LogP contribution is 2.41. The van der Waals surface area contributed by atoms with Gasteiger partial charge in [0.1, 0.15) is 5.82 Å². The molecule has 2 aromatic carbocycles. The van der Waals surface area contributed by atoms with Gasteiger partial charge in [-0.2, -0.15) is 26.3 Å². The Hall–Kier alpha value is -2.82. The van der Waals surface area contributed by atoms with Gasteiger partial charge < -0.3 is 15.0 Å². The van der Waals surface area contributed by atoms with Crippen LogP contribution in [0, 0.1) is 5.82 Å². The Morgan fingerprint density at radius 1 is 1.00 bits per heavy atom. The molecule has 0 aromatic heterocycles. The summed E-state index contributed by atoms with van der Waals surface area (Å²) < 4.78 is 98.1. The van der Waals surface area contributed by atoms with Gasteiger partial charge in [0.2, 0.25) is 0 Å². The number of rotatable bonds is 5. The number of hydrogen-bond acceptors (Lipinski definition) is 3. The zero-order valence-corrected chi connectivity index (χ0v) is 19.2. The van der Waals surface area contributed by atoms with Crippen LogP contribution in [0.5, 0.6) is 0 Å². The zero-order valence-electron chi connectivity index (χ0n) is 19.2. The van der Waals surface area contributed by atoms with Crippen LogP contribution in [-0.4, -0.2) is 37.2 Å². The molecule has 1 N–H and O–H groups in total. The van der Waals surface area contributed by atoms with E-state index < -0.39 is 53.4 Å². The molecular weight excluding hydrogens is 481 g/mol. The van der Waals surface area contributed by atoms with Gasteiger partial charge in [-0.1, -0.05) is 12.1 Å². The van der Waals surface area contributed by atoms with Crippen molar-refractivity contribution in [1.29, 1.82) is 0 Å². The minimum Gasteiger partial charge on any atom is -0.453 e. The van der Waals surface area contributed by atoms with E-state index in [2.05, 4.69) is 5.32 Å². The van der Waals surface area contributed by atoms with Crippen LogP contribution in [0.3, 0.4) is 0 Å². The summed E-state index contributed by atoms with van der Waals surface area (Å²) in [6.45, 7) is 1.48. The Balaban J connectivity index is 1.95. The monoisotopic (exact) mass is 506 g/mol. The van der Waals surface area contributed by atoms with Gasteiger partial charge in [-0.25, -0.2) is 9.18 Å². The third-order valence-corrected chi connectivity index (χ3v) is 6.41. The molecule has 0 saturated heterocycles. The molecule has 11 heteroatoms. The maximum Gasteiger partial charge on any atom is 0.416 e. The lowest BCUT2D eigenvalue weighted by atomic mass is 9.89. The summed E-state index contributed by atoms with van der Waals surface area (Å²) in [4.78, 5) is 13.5. The summed E-state index contributed by atoms with van der Waals surface area (Å²) in [5.74, 6) is -0.874. The molecule has 0 spiro atoms. The second-order valence-corrected chi connectivity index (χ2v) is 8.64. The molecule has 0 heterocycles. The number of amides is 1. The van der Waals surface area contributed by atoms with E-state index in [0.717, 1.165) is 0 Å². The number of methoxy groups -OCH3 is 1. The topological polar surface area (TPSA) is 41.6 Å². The second kappa shape index (κ2) is 10.0. The third-order valence-electron chi connectivity index (χ3n) is 6.41. The van der Waals surface area contributed by atoms with Gasteiger partial charge in [0.15, 0.2) is 0 Å². The first-order chi connectivity index (χ1) is 16.2. The fraction of sp³-hybridized carbons (Fsp3) is 0.458. The van der Waals surface area contributed by atoms with Gasteiger partial charge in [0.25, 0.3) is 0 Å². The maximum absolute atomic E-state index is 13.5. The Labute approximate surface area is 198 Å². The van der Waals surface area contributed by atoms with E-state index >= 15 is 0 Å². The van der Waals surface area contributed by atoms with Crippen LogP contribution >= 0.6 is 0 Å². The molecule has 1 unspecified atom stereocenters. The first-order valence-corrected chi connectivity index (χ1v) is 10.8. The molecule has 0 radical (unpaired) electrons. The van der Waals surface area contributed by atoms with Crippen LogP contribution in [-0.2, 0) is 17.1 Å². The molecule has 1 aliphatic rings. The van der Waals surface area contributed by atoms with Crippen molar-refractivity contribution in [2.45, 2.75) is 56.2 Å². The number of carbonyl (C=O) groups excluding carboxylic acids is 1. The molecule has 1 aliphatic carbocycles. The van der Waals surface area contributed by atoms with Crippen molar-refractivity contribution >= 4 is 6.09 Å². The first kappa shape index (κ1) is 26.8. The average Bonchev–Trinajstić information content (AvgIpc) is 3.20. The minimum atomic E-state index is -4.95. The fourth-order valence-corrected chi connectivity index (χ4v) is 4.66. The van der Waals surface area contributed by atoms with E-state index in [9.17, 15) is 35.5 Å². The molecule has 192 valence electrons. The van der Waals surface area contributed by atoms with Crippen molar-refractivity contribution in [3.8, 4) is 0 Å². The van der Waals surface area contributed by atoms with Crippen LogP contribution in [0.15, 0.2) is 42.5 Å². The van der Waals surface area contributed by atoms with E-state index in [1.54, 1.807) is 19.2 Å². The molecule has 0 bridgehead atoms. The minimum absolute atomic E-state index is 0.0917. The Morgan fingerprint density at radius 2 is 1.54 bits per heavy atom. The van der Waals surface area contributed by atoms with E-state index in [0.29, 0.717) is 30.5 Å². The number of benzene rings is 2. The fourth-order valence-electron chi connectivity index (χ4n) is 4.66. The number of alkyl halides is 6. The molecule has 1 amide bonds. The van der Waals surface area contributed by atoms with Crippen LogP contribution in [0.2, 0.25) is 0 Å². The summed E-state index contributed by atoms with van der Waals surface area (Å²) in [7, 11) is 2.77. The van der Waals surface area contributed by atoms with E-state index in [1.807, 2.05) is 0 Å². The van der Waals surface area contributed by atoms with Crippen LogP contribution in [0.4, 0.5) is 35.5 Å². The summed E-state index contributed by atoms with van der Waals surface area (Å²) in [6, 6.07) is 5.42.